The number of hydrogen-bond donors (Lipinski definition) is 2. The molecule has 2 N–H and O–H groups in total. The first-order valence-electron chi connectivity index (χ1n) is 10.1. The molecule has 0 spiro atoms. The molecule has 0 aromatic rings. The topological polar surface area (TPSA) is 52.1 Å². The van der Waals surface area contributed by atoms with Gasteiger partial charge < -0.3 is 20.3 Å². The van der Waals surface area contributed by atoms with E-state index in [2.05, 4.69) is 46.3 Å². The van der Waals surface area contributed by atoms with Gasteiger partial charge in [0.15, 0.2) is 5.96 Å². The Morgan fingerprint density at radius 1 is 1.20 bits per heavy atom. The van der Waals surface area contributed by atoms with Crippen LogP contribution in [0.25, 0.3) is 0 Å². The lowest BCUT2D eigenvalue weighted by Crippen LogP contribution is -2.53. The fraction of sp³-hybridized carbons (Fsp3) is 0.947. The zero-order valence-corrected chi connectivity index (χ0v) is 16.8. The zero-order chi connectivity index (χ0) is 18.1. The summed E-state index contributed by atoms with van der Waals surface area (Å²) in [5.74, 6) is 1.52. The van der Waals surface area contributed by atoms with E-state index in [1.807, 2.05) is 7.05 Å². The number of nitrogens with one attached hydrogen (secondary N) is 2. The number of aliphatic imine (C=N–C) groups is 1. The summed E-state index contributed by atoms with van der Waals surface area (Å²) in [6.07, 6.45) is 5.51. The number of likely N-dealkylation sites (N-methyl/N-ethyl adjacent to an activating group) is 1. The van der Waals surface area contributed by atoms with E-state index < -0.39 is 0 Å². The van der Waals surface area contributed by atoms with E-state index in [1.54, 1.807) is 0 Å². The van der Waals surface area contributed by atoms with Crippen molar-refractivity contribution in [3.8, 4) is 0 Å². The van der Waals surface area contributed by atoms with Crippen LogP contribution in [0.15, 0.2) is 4.99 Å². The predicted molar refractivity (Wildman–Crippen MR) is 105 cm³/mol. The monoisotopic (exact) mass is 353 g/mol. The maximum absolute atomic E-state index is 5.49. The maximum atomic E-state index is 5.49. The van der Waals surface area contributed by atoms with Crippen LogP contribution in [0.1, 0.15) is 39.5 Å². The van der Waals surface area contributed by atoms with E-state index in [1.165, 1.54) is 25.7 Å². The maximum Gasteiger partial charge on any atom is 0.191 e. The van der Waals surface area contributed by atoms with E-state index in [4.69, 9.17) is 4.74 Å². The average Bonchev–Trinajstić information content (AvgIpc) is 3.15. The molecule has 1 unspecified atom stereocenters. The fourth-order valence-electron chi connectivity index (χ4n) is 4.00. The first kappa shape index (κ1) is 20.5. The second kappa shape index (κ2) is 11.0. The Kier molecular flexibility index (Phi) is 8.99. The molecule has 1 saturated heterocycles. The van der Waals surface area contributed by atoms with Gasteiger partial charge in [-0.3, -0.25) is 9.89 Å². The van der Waals surface area contributed by atoms with Crippen molar-refractivity contribution in [2.24, 2.45) is 10.9 Å². The molecule has 6 heteroatoms. The molecule has 1 atom stereocenters. The van der Waals surface area contributed by atoms with Crippen LogP contribution in [0.2, 0.25) is 0 Å². The standard InChI is InChI=1S/C19H39N5O/c1-16(2)18(24-11-13-25-14-12-24)15-22-19(20-3)21-9-10-23(4)17-7-5-6-8-17/h16-18H,5-15H2,1-4H3,(H2,20,21,22). The lowest BCUT2D eigenvalue weighted by Gasteiger charge is -2.37. The summed E-state index contributed by atoms with van der Waals surface area (Å²) >= 11 is 0. The highest BCUT2D eigenvalue weighted by molar-refractivity contribution is 5.79. The lowest BCUT2D eigenvalue weighted by atomic mass is 10.0. The fourth-order valence-corrected chi connectivity index (χ4v) is 4.00. The molecule has 0 radical (unpaired) electrons. The zero-order valence-electron chi connectivity index (χ0n) is 16.8. The minimum absolute atomic E-state index is 0.517. The third-order valence-electron chi connectivity index (χ3n) is 5.69. The van der Waals surface area contributed by atoms with Gasteiger partial charge in [0.2, 0.25) is 0 Å². The SMILES string of the molecule is CN=C(NCCN(C)C1CCCC1)NCC(C(C)C)N1CCOCC1. The minimum atomic E-state index is 0.517. The van der Waals surface area contributed by atoms with Crippen molar-refractivity contribution in [3.05, 3.63) is 0 Å². The van der Waals surface area contributed by atoms with Crippen molar-refractivity contribution in [1.29, 1.82) is 0 Å². The molecule has 0 aromatic carbocycles. The molecule has 146 valence electrons. The Hall–Kier alpha value is -0.850. The second-order valence-corrected chi connectivity index (χ2v) is 7.76. The van der Waals surface area contributed by atoms with Gasteiger partial charge >= 0.3 is 0 Å². The molecule has 0 amide bonds. The van der Waals surface area contributed by atoms with E-state index in [0.29, 0.717) is 12.0 Å². The van der Waals surface area contributed by atoms with Crippen molar-refractivity contribution in [1.82, 2.24) is 20.4 Å². The average molecular weight is 354 g/mol. The molecule has 2 fully saturated rings. The van der Waals surface area contributed by atoms with Crippen LogP contribution in [-0.2, 0) is 4.74 Å². The molecule has 2 rings (SSSR count). The van der Waals surface area contributed by atoms with Crippen LogP contribution >= 0.6 is 0 Å². The molecule has 2 aliphatic rings. The molecular weight excluding hydrogens is 314 g/mol. The van der Waals surface area contributed by atoms with Gasteiger partial charge in [-0.2, -0.15) is 0 Å². The van der Waals surface area contributed by atoms with Crippen LogP contribution in [0.4, 0.5) is 0 Å². The van der Waals surface area contributed by atoms with Crippen molar-refractivity contribution in [3.63, 3.8) is 0 Å². The second-order valence-electron chi connectivity index (χ2n) is 7.76. The molecule has 0 bridgehead atoms. The van der Waals surface area contributed by atoms with Crippen LogP contribution in [-0.4, -0.2) is 87.9 Å². The summed E-state index contributed by atoms with van der Waals surface area (Å²) in [5, 5.41) is 7.00. The highest BCUT2D eigenvalue weighted by Crippen LogP contribution is 2.21. The summed E-state index contributed by atoms with van der Waals surface area (Å²) in [6, 6.07) is 1.30. The number of morpholine rings is 1. The van der Waals surface area contributed by atoms with Crippen LogP contribution in [0.5, 0.6) is 0 Å². The molecule has 1 saturated carbocycles. The van der Waals surface area contributed by atoms with Gasteiger partial charge in [0.25, 0.3) is 0 Å². The number of ether oxygens (including phenoxy) is 1. The summed E-state index contributed by atoms with van der Waals surface area (Å²) in [6.45, 7) is 11.3. The van der Waals surface area contributed by atoms with Gasteiger partial charge in [0, 0.05) is 51.9 Å². The van der Waals surface area contributed by atoms with Gasteiger partial charge in [-0.05, 0) is 25.8 Å². The Morgan fingerprint density at radius 3 is 2.48 bits per heavy atom. The largest absolute Gasteiger partial charge is 0.379 e. The van der Waals surface area contributed by atoms with Crippen molar-refractivity contribution < 1.29 is 4.74 Å². The quantitative estimate of drug-likeness (QED) is 0.510. The molecule has 25 heavy (non-hydrogen) atoms. The molecule has 6 nitrogen and oxygen atoms in total. The Bertz CT molecular complexity index is 389. The number of hydrogen-bond acceptors (Lipinski definition) is 4. The lowest BCUT2D eigenvalue weighted by molar-refractivity contribution is 0.00752. The van der Waals surface area contributed by atoms with Crippen molar-refractivity contribution in [2.75, 3.05) is 60.0 Å². The van der Waals surface area contributed by atoms with Gasteiger partial charge in [-0.1, -0.05) is 26.7 Å². The summed E-state index contributed by atoms with van der Waals surface area (Å²) < 4.78 is 5.49. The van der Waals surface area contributed by atoms with Crippen molar-refractivity contribution >= 4 is 5.96 Å². The minimum Gasteiger partial charge on any atom is -0.379 e. The smallest absolute Gasteiger partial charge is 0.191 e. The molecule has 0 aromatic heterocycles. The third kappa shape index (κ3) is 6.76. The molecule has 1 heterocycles. The molecule has 1 aliphatic heterocycles. The Morgan fingerprint density at radius 2 is 1.88 bits per heavy atom. The third-order valence-corrected chi connectivity index (χ3v) is 5.69. The summed E-state index contributed by atoms with van der Waals surface area (Å²) in [5.41, 5.74) is 0. The number of rotatable bonds is 8. The first-order chi connectivity index (χ1) is 12.1. The first-order valence-corrected chi connectivity index (χ1v) is 10.1. The van der Waals surface area contributed by atoms with Gasteiger partial charge in [0.05, 0.1) is 13.2 Å². The number of nitrogens with zero attached hydrogens (tertiary/aromatic N) is 3. The van der Waals surface area contributed by atoms with Gasteiger partial charge in [0.1, 0.15) is 0 Å². The van der Waals surface area contributed by atoms with E-state index in [-0.39, 0.29) is 0 Å². The predicted octanol–water partition coefficient (Wildman–Crippen LogP) is 1.38. The molecular formula is C19H39N5O. The highest BCUT2D eigenvalue weighted by atomic mass is 16.5. The normalized spacial score (nSPS) is 21.9. The summed E-state index contributed by atoms with van der Waals surface area (Å²) in [7, 11) is 4.11. The van der Waals surface area contributed by atoms with E-state index in [9.17, 15) is 0 Å². The summed E-state index contributed by atoms with van der Waals surface area (Å²) in [4.78, 5) is 9.43. The van der Waals surface area contributed by atoms with E-state index in [0.717, 1.165) is 57.9 Å². The number of guanidine groups is 1. The van der Waals surface area contributed by atoms with Crippen LogP contribution in [0.3, 0.4) is 0 Å². The van der Waals surface area contributed by atoms with Gasteiger partial charge in [-0.25, -0.2) is 0 Å². The van der Waals surface area contributed by atoms with Crippen LogP contribution in [0, 0.1) is 5.92 Å². The Balaban J connectivity index is 1.70. The molecule has 1 aliphatic carbocycles. The van der Waals surface area contributed by atoms with Gasteiger partial charge in [-0.15, -0.1) is 0 Å². The highest BCUT2D eigenvalue weighted by Gasteiger charge is 2.24. The van der Waals surface area contributed by atoms with Crippen molar-refractivity contribution in [2.45, 2.75) is 51.6 Å². The Labute approximate surface area is 154 Å². The van der Waals surface area contributed by atoms with E-state index >= 15 is 0 Å². The van der Waals surface area contributed by atoms with Crippen LogP contribution < -0.4 is 10.6 Å².